The van der Waals surface area contributed by atoms with Crippen LogP contribution in [0, 0.1) is 13.8 Å². The molecule has 2 aromatic rings. The highest BCUT2D eigenvalue weighted by Gasteiger charge is 2.14. The van der Waals surface area contributed by atoms with E-state index in [0.717, 1.165) is 33.3 Å². The van der Waals surface area contributed by atoms with Gasteiger partial charge < -0.3 is 4.74 Å². The van der Waals surface area contributed by atoms with Crippen molar-refractivity contribution >= 4 is 21.7 Å². The van der Waals surface area contributed by atoms with Crippen LogP contribution in [0.2, 0.25) is 0 Å². The summed E-state index contributed by atoms with van der Waals surface area (Å²) in [7, 11) is 0. The van der Waals surface area contributed by atoms with Crippen molar-refractivity contribution in [2.45, 2.75) is 27.2 Å². The van der Waals surface area contributed by atoms with Crippen LogP contribution < -0.4 is 4.74 Å². The van der Waals surface area contributed by atoms with E-state index in [9.17, 15) is 4.79 Å². The molecule has 0 fully saturated rings. The number of halogens is 1. The van der Waals surface area contributed by atoms with E-state index in [0.29, 0.717) is 12.2 Å². The summed E-state index contributed by atoms with van der Waals surface area (Å²) in [5, 5.41) is 0. The number of hydrogen-bond acceptors (Lipinski definition) is 2. The largest absolute Gasteiger partial charge is 0.492 e. The number of ether oxygens (including phenoxy) is 1. The van der Waals surface area contributed by atoms with Crippen molar-refractivity contribution in [3.8, 4) is 5.75 Å². The SMILES string of the molecule is CCCOc1ccc(C(=O)c2cccc(C)c2C)cc1Br. The van der Waals surface area contributed by atoms with Crippen LogP contribution in [0.25, 0.3) is 0 Å². The molecule has 21 heavy (non-hydrogen) atoms. The Bertz CT molecular complexity index is 662. The molecule has 0 aliphatic heterocycles. The maximum atomic E-state index is 12.6. The summed E-state index contributed by atoms with van der Waals surface area (Å²) in [6.45, 7) is 6.73. The van der Waals surface area contributed by atoms with E-state index in [-0.39, 0.29) is 5.78 Å². The van der Waals surface area contributed by atoms with Gasteiger partial charge in [0.2, 0.25) is 0 Å². The van der Waals surface area contributed by atoms with Crippen LogP contribution in [0.3, 0.4) is 0 Å². The fourth-order valence-electron chi connectivity index (χ4n) is 2.12. The van der Waals surface area contributed by atoms with Crippen molar-refractivity contribution in [1.29, 1.82) is 0 Å². The standard InChI is InChI=1S/C18H19BrO2/c1-4-10-21-17-9-8-14(11-16(17)19)18(20)15-7-5-6-12(2)13(15)3/h5-9,11H,4,10H2,1-3H3. The first-order chi connectivity index (χ1) is 10.0. The average molecular weight is 347 g/mol. The fraction of sp³-hybridized carbons (Fsp3) is 0.278. The van der Waals surface area contributed by atoms with Gasteiger partial charge in [-0.3, -0.25) is 4.79 Å². The molecule has 110 valence electrons. The Morgan fingerprint density at radius 1 is 1.19 bits per heavy atom. The Morgan fingerprint density at radius 2 is 1.95 bits per heavy atom. The van der Waals surface area contributed by atoms with Crippen LogP contribution in [0.1, 0.15) is 40.4 Å². The van der Waals surface area contributed by atoms with Crippen LogP contribution in [0.5, 0.6) is 5.75 Å². The van der Waals surface area contributed by atoms with Crippen LogP contribution in [-0.4, -0.2) is 12.4 Å². The summed E-state index contributed by atoms with van der Waals surface area (Å²) in [6.07, 6.45) is 0.954. The molecule has 0 aromatic heterocycles. The zero-order valence-corrected chi connectivity index (χ0v) is 14.2. The van der Waals surface area contributed by atoms with Crippen LogP contribution in [0.4, 0.5) is 0 Å². The molecule has 2 nitrogen and oxygen atoms in total. The third kappa shape index (κ3) is 3.53. The fourth-order valence-corrected chi connectivity index (χ4v) is 2.62. The highest BCUT2D eigenvalue weighted by Crippen LogP contribution is 2.28. The molecule has 0 N–H and O–H groups in total. The predicted octanol–water partition coefficient (Wildman–Crippen LogP) is 5.09. The topological polar surface area (TPSA) is 26.3 Å². The molecule has 0 spiro atoms. The molecule has 0 unspecified atom stereocenters. The third-order valence-electron chi connectivity index (χ3n) is 3.51. The lowest BCUT2D eigenvalue weighted by Crippen LogP contribution is -2.05. The Morgan fingerprint density at radius 3 is 2.62 bits per heavy atom. The molecule has 0 amide bonds. The van der Waals surface area contributed by atoms with Gasteiger partial charge in [0.25, 0.3) is 0 Å². The normalized spacial score (nSPS) is 10.5. The Labute approximate surface area is 134 Å². The van der Waals surface area contributed by atoms with E-state index < -0.39 is 0 Å². The van der Waals surface area contributed by atoms with E-state index in [1.54, 1.807) is 0 Å². The van der Waals surface area contributed by atoms with Crippen molar-refractivity contribution in [3.05, 3.63) is 63.1 Å². The van der Waals surface area contributed by atoms with Gasteiger partial charge in [-0.15, -0.1) is 0 Å². The number of benzene rings is 2. The highest BCUT2D eigenvalue weighted by molar-refractivity contribution is 9.10. The highest BCUT2D eigenvalue weighted by atomic mass is 79.9. The Balaban J connectivity index is 2.32. The summed E-state index contributed by atoms with van der Waals surface area (Å²) in [5.41, 5.74) is 3.58. The molecule has 3 heteroatoms. The number of carbonyl (C=O) groups excluding carboxylic acids is 1. The summed E-state index contributed by atoms with van der Waals surface area (Å²) < 4.78 is 6.42. The van der Waals surface area contributed by atoms with Gasteiger partial charge in [-0.25, -0.2) is 0 Å². The zero-order chi connectivity index (χ0) is 15.4. The Kier molecular flexibility index (Phi) is 5.18. The van der Waals surface area contributed by atoms with Crippen molar-refractivity contribution in [1.82, 2.24) is 0 Å². The average Bonchev–Trinajstić information content (AvgIpc) is 2.48. The van der Waals surface area contributed by atoms with E-state index >= 15 is 0 Å². The number of ketones is 1. The molecule has 0 saturated heterocycles. The molecule has 0 aliphatic rings. The van der Waals surface area contributed by atoms with Crippen molar-refractivity contribution in [2.75, 3.05) is 6.61 Å². The molecule has 0 atom stereocenters. The maximum Gasteiger partial charge on any atom is 0.193 e. The number of carbonyl (C=O) groups is 1. The molecule has 0 heterocycles. The lowest BCUT2D eigenvalue weighted by Gasteiger charge is -2.10. The van der Waals surface area contributed by atoms with E-state index in [2.05, 4.69) is 22.9 Å². The van der Waals surface area contributed by atoms with Crippen LogP contribution in [-0.2, 0) is 0 Å². The molecule has 0 radical (unpaired) electrons. The summed E-state index contributed by atoms with van der Waals surface area (Å²) in [4.78, 5) is 12.6. The van der Waals surface area contributed by atoms with Crippen molar-refractivity contribution < 1.29 is 9.53 Å². The summed E-state index contributed by atoms with van der Waals surface area (Å²) in [6, 6.07) is 11.3. The zero-order valence-electron chi connectivity index (χ0n) is 12.6. The summed E-state index contributed by atoms with van der Waals surface area (Å²) >= 11 is 3.47. The maximum absolute atomic E-state index is 12.6. The minimum atomic E-state index is 0.0407. The quantitative estimate of drug-likeness (QED) is 0.705. The number of aryl methyl sites for hydroxylation is 1. The first-order valence-corrected chi connectivity index (χ1v) is 7.87. The monoisotopic (exact) mass is 346 g/mol. The molecule has 0 bridgehead atoms. The first-order valence-electron chi connectivity index (χ1n) is 7.08. The minimum Gasteiger partial charge on any atom is -0.492 e. The van der Waals surface area contributed by atoms with Gasteiger partial charge in [0.05, 0.1) is 11.1 Å². The lowest BCUT2D eigenvalue weighted by molar-refractivity contribution is 0.103. The van der Waals surface area contributed by atoms with Gasteiger partial charge in [0.1, 0.15) is 5.75 Å². The molecule has 2 aromatic carbocycles. The second-order valence-corrected chi connectivity index (χ2v) is 5.92. The second kappa shape index (κ2) is 6.90. The molecule has 0 aliphatic carbocycles. The summed E-state index contributed by atoms with van der Waals surface area (Å²) in [5.74, 6) is 0.813. The van der Waals surface area contributed by atoms with Crippen molar-refractivity contribution in [2.24, 2.45) is 0 Å². The molecular formula is C18H19BrO2. The van der Waals surface area contributed by atoms with Gasteiger partial charge in [-0.05, 0) is 65.5 Å². The molecule has 2 rings (SSSR count). The lowest BCUT2D eigenvalue weighted by atomic mass is 9.96. The van der Waals surface area contributed by atoms with Gasteiger partial charge in [0.15, 0.2) is 5.78 Å². The number of rotatable bonds is 5. The van der Waals surface area contributed by atoms with Gasteiger partial charge in [0, 0.05) is 11.1 Å². The Hall–Kier alpha value is -1.61. The molecular weight excluding hydrogens is 328 g/mol. The van der Waals surface area contributed by atoms with E-state index in [4.69, 9.17) is 4.74 Å². The molecule has 0 saturated carbocycles. The van der Waals surface area contributed by atoms with Gasteiger partial charge in [-0.1, -0.05) is 25.1 Å². The minimum absolute atomic E-state index is 0.0407. The second-order valence-electron chi connectivity index (χ2n) is 5.07. The van der Waals surface area contributed by atoms with Crippen LogP contribution in [0.15, 0.2) is 40.9 Å². The van der Waals surface area contributed by atoms with Crippen molar-refractivity contribution in [3.63, 3.8) is 0 Å². The first kappa shape index (κ1) is 15.8. The third-order valence-corrected chi connectivity index (χ3v) is 4.12. The predicted molar refractivity (Wildman–Crippen MR) is 89.3 cm³/mol. The smallest absolute Gasteiger partial charge is 0.193 e. The van der Waals surface area contributed by atoms with E-state index in [1.165, 1.54) is 0 Å². The number of hydrogen-bond donors (Lipinski definition) is 0. The van der Waals surface area contributed by atoms with E-state index in [1.807, 2.05) is 50.2 Å². The van der Waals surface area contributed by atoms with Crippen LogP contribution >= 0.6 is 15.9 Å². The van der Waals surface area contributed by atoms with Gasteiger partial charge >= 0.3 is 0 Å². The van der Waals surface area contributed by atoms with Gasteiger partial charge in [-0.2, -0.15) is 0 Å².